The summed E-state index contributed by atoms with van der Waals surface area (Å²) in [5.41, 5.74) is 1.29. The highest BCUT2D eigenvalue weighted by molar-refractivity contribution is 14.1. The van der Waals surface area contributed by atoms with Crippen LogP contribution in [-0.4, -0.2) is 27.1 Å². The molecule has 0 aliphatic heterocycles. The van der Waals surface area contributed by atoms with Crippen LogP contribution < -0.4 is 5.32 Å². The number of benzene rings is 1. The zero-order chi connectivity index (χ0) is 22.8. The number of amides is 1. The van der Waals surface area contributed by atoms with Gasteiger partial charge in [0.1, 0.15) is 23.0 Å². The number of pyridine rings is 2. The molecule has 32 heavy (non-hydrogen) atoms. The van der Waals surface area contributed by atoms with Crippen molar-refractivity contribution in [2.24, 2.45) is 5.92 Å². The molecule has 3 aromatic rings. The number of aliphatic hydroxyl groups is 1. The van der Waals surface area contributed by atoms with E-state index >= 15 is 0 Å². The summed E-state index contributed by atoms with van der Waals surface area (Å²) in [4.78, 5) is 21.2. The summed E-state index contributed by atoms with van der Waals surface area (Å²) in [6, 6.07) is 8.68. The minimum absolute atomic E-state index is 0.0251. The first-order valence-corrected chi connectivity index (χ1v) is 11.5. The van der Waals surface area contributed by atoms with Crippen LogP contribution in [0.5, 0.6) is 0 Å². The number of aliphatic hydroxyl groups excluding tert-OH is 1. The van der Waals surface area contributed by atoms with Gasteiger partial charge in [-0.1, -0.05) is 13.0 Å². The fraction of sp³-hybridized carbons (Fsp3) is 0.292. The lowest BCUT2D eigenvalue weighted by molar-refractivity contribution is 0.0712. The molecule has 2 N–H and O–H groups in total. The predicted molar refractivity (Wildman–Crippen MR) is 126 cm³/mol. The van der Waals surface area contributed by atoms with E-state index in [0.29, 0.717) is 15.7 Å². The second-order valence-electron chi connectivity index (χ2n) is 8.10. The van der Waals surface area contributed by atoms with Gasteiger partial charge in [-0.25, -0.2) is 13.8 Å². The van der Waals surface area contributed by atoms with Gasteiger partial charge in [-0.3, -0.25) is 9.78 Å². The number of anilines is 1. The zero-order valence-electron chi connectivity index (χ0n) is 17.4. The van der Waals surface area contributed by atoms with Crippen molar-refractivity contribution in [1.29, 1.82) is 0 Å². The van der Waals surface area contributed by atoms with Crippen molar-refractivity contribution in [3.63, 3.8) is 0 Å². The number of halogens is 3. The topological polar surface area (TPSA) is 75.1 Å². The number of nitrogens with zero attached hydrogens (tertiary/aromatic N) is 2. The first-order chi connectivity index (χ1) is 15.3. The maximum atomic E-state index is 14.5. The monoisotopic (exact) mass is 549 g/mol. The average Bonchev–Trinajstić information content (AvgIpc) is 2.77. The minimum atomic E-state index is -0.707. The number of hydrogen-bond donors (Lipinski definition) is 2. The highest BCUT2D eigenvalue weighted by atomic mass is 127. The van der Waals surface area contributed by atoms with Crippen molar-refractivity contribution in [3.05, 3.63) is 75.3 Å². The van der Waals surface area contributed by atoms with Crippen LogP contribution in [-0.2, 0) is 0 Å². The van der Waals surface area contributed by atoms with Crippen molar-refractivity contribution in [2.45, 2.75) is 38.2 Å². The molecule has 0 spiro atoms. The van der Waals surface area contributed by atoms with Gasteiger partial charge in [0, 0.05) is 9.77 Å². The quantitative estimate of drug-likeness (QED) is 0.419. The van der Waals surface area contributed by atoms with Crippen LogP contribution in [0.15, 0.2) is 48.8 Å². The molecule has 0 unspecified atom stereocenters. The smallest absolute Gasteiger partial charge is 0.274 e. The Morgan fingerprint density at radius 1 is 1.16 bits per heavy atom. The molecule has 1 aliphatic carbocycles. The fourth-order valence-corrected chi connectivity index (χ4v) is 4.90. The molecule has 1 aromatic carbocycles. The van der Waals surface area contributed by atoms with E-state index in [4.69, 9.17) is 0 Å². The van der Waals surface area contributed by atoms with Gasteiger partial charge in [-0.15, -0.1) is 0 Å². The number of nitrogens with one attached hydrogen (secondary N) is 1. The third-order valence-electron chi connectivity index (χ3n) is 5.95. The van der Waals surface area contributed by atoms with Gasteiger partial charge in [0.05, 0.1) is 23.6 Å². The molecule has 0 bridgehead atoms. The van der Waals surface area contributed by atoms with Gasteiger partial charge < -0.3 is 10.4 Å². The lowest BCUT2D eigenvalue weighted by Crippen LogP contribution is -2.26. The Balaban J connectivity index is 1.62. The van der Waals surface area contributed by atoms with Crippen molar-refractivity contribution < 1.29 is 18.7 Å². The maximum absolute atomic E-state index is 14.5. The summed E-state index contributed by atoms with van der Waals surface area (Å²) in [6.45, 7) is 2.02. The minimum Gasteiger partial charge on any atom is -0.393 e. The van der Waals surface area contributed by atoms with E-state index in [-0.39, 0.29) is 34.9 Å². The number of carbonyl (C=O) groups excluding carboxylic acids is 1. The first kappa shape index (κ1) is 22.7. The SMILES string of the molecule is C[C@H]1C[C@@H](c2ccncc2NC(=O)c2ccc(F)c(-c3c(F)cccc3I)n2)CC[C@H]1O. The molecule has 1 saturated carbocycles. The molecule has 0 radical (unpaired) electrons. The van der Waals surface area contributed by atoms with Gasteiger partial charge in [0.2, 0.25) is 0 Å². The molecule has 4 rings (SSSR count). The third kappa shape index (κ3) is 4.66. The number of carbonyl (C=O) groups is 1. The lowest BCUT2D eigenvalue weighted by Gasteiger charge is -2.32. The van der Waals surface area contributed by atoms with Crippen molar-refractivity contribution in [3.8, 4) is 11.3 Å². The van der Waals surface area contributed by atoms with E-state index in [0.717, 1.165) is 24.5 Å². The molecule has 5 nitrogen and oxygen atoms in total. The van der Waals surface area contributed by atoms with Crippen LogP contribution in [0.3, 0.4) is 0 Å². The van der Waals surface area contributed by atoms with Crippen LogP contribution in [0.1, 0.15) is 48.2 Å². The summed E-state index contributed by atoms with van der Waals surface area (Å²) in [5.74, 6) is -1.50. The number of hydrogen-bond acceptors (Lipinski definition) is 4. The van der Waals surface area contributed by atoms with E-state index in [9.17, 15) is 18.7 Å². The molecule has 8 heteroatoms. The summed E-state index contributed by atoms with van der Waals surface area (Å²) in [7, 11) is 0. The highest BCUT2D eigenvalue weighted by Gasteiger charge is 2.29. The Bertz CT molecular complexity index is 1140. The Morgan fingerprint density at radius 2 is 1.97 bits per heavy atom. The molecule has 2 aromatic heterocycles. The van der Waals surface area contributed by atoms with E-state index < -0.39 is 17.5 Å². The number of rotatable bonds is 4. The Hall–Kier alpha value is -2.46. The fourth-order valence-electron chi connectivity index (χ4n) is 4.18. The van der Waals surface area contributed by atoms with Crippen molar-refractivity contribution in [1.82, 2.24) is 9.97 Å². The van der Waals surface area contributed by atoms with E-state index in [2.05, 4.69) is 15.3 Å². The molecule has 2 heterocycles. The molecule has 1 aliphatic rings. The van der Waals surface area contributed by atoms with E-state index in [1.54, 1.807) is 18.5 Å². The largest absolute Gasteiger partial charge is 0.393 e. The lowest BCUT2D eigenvalue weighted by atomic mass is 9.77. The average molecular weight is 549 g/mol. The van der Waals surface area contributed by atoms with Gasteiger partial charge in [-0.05, 0) is 89.6 Å². The van der Waals surface area contributed by atoms with Gasteiger partial charge in [0.25, 0.3) is 5.91 Å². The van der Waals surface area contributed by atoms with Gasteiger partial charge >= 0.3 is 0 Å². The Morgan fingerprint density at radius 3 is 2.72 bits per heavy atom. The first-order valence-electron chi connectivity index (χ1n) is 10.4. The van der Waals surface area contributed by atoms with Crippen LogP contribution in [0.4, 0.5) is 14.5 Å². The maximum Gasteiger partial charge on any atom is 0.274 e. The summed E-state index contributed by atoms with van der Waals surface area (Å²) in [5, 5.41) is 12.9. The summed E-state index contributed by atoms with van der Waals surface area (Å²) in [6.07, 6.45) is 5.25. The molecular weight excluding hydrogens is 527 g/mol. The summed E-state index contributed by atoms with van der Waals surface area (Å²) < 4.78 is 29.4. The second-order valence-corrected chi connectivity index (χ2v) is 9.26. The standard InChI is InChI=1S/C24H22F2IN3O2/c1-13-11-14(5-8-21(13)31)15-9-10-28-12-20(15)30-24(32)19-7-6-17(26)23(29-19)22-16(25)3-2-4-18(22)27/h2-4,6-7,9-10,12-14,21,31H,5,8,11H2,1H3,(H,30,32)/t13-,14-,21+/m0/s1. The number of aromatic nitrogens is 2. The highest BCUT2D eigenvalue weighted by Crippen LogP contribution is 2.39. The van der Waals surface area contributed by atoms with Gasteiger partial charge in [0.15, 0.2) is 0 Å². The molecular formula is C24H22F2IN3O2. The molecule has 1 amide bonds. The van der Waals surface area contributed by atoms with Gasteiger partial charge in [-0.2, -0.15) is 0 Å². The Kier molecular flexibility index (Phi) is 6.80. The molecule has 3 atom stereocenters. The van der Waals surface area contributed by atoms with Crippen LogP contribution in [0, 0.1) is 21.1 Å². The van der Waals surface area contributed by atoms with Crippen LogP contribution in [0.2, 0.25) is 0 Å². The normalized spacial score (nSPS) is 20.7. The van der Waals surface area contributed by atoms with Crippen LogP contribution >= 0.6 is 22.6 Å². The van der Waals surface area contributed by atoms with Crippen molar-refractivity contribution in [2.75, 3.05) is 5.32 Å². The summed E-state index contributed by atoms with van der Waals surface area (Å²) >= 11 is 1.91. The van der Waals surface area contributed by atoms with E-state index in [1.807, 2.05) is 35.6 Å². The van der Waals surface area contributed by atoms with E-state index in [1.165, 1.54) is 18.2 Å². The predicted octanol–water partition coefficient (Wildman–Crippen LogP) is 5.54. The van der Waals surface area contributed by atoms with Crippen LogP contribution in [0.25, 0.3) is 11.3 Å². The molecule has 0 saturated heterocycles. The molecule has 166 valence electrons. The second kappa shape index (κ2) is 9.58. The zero-order valence-corrected chi connectivity index (χ0v) is 19.5. The Labute approximate surface area is 198 Å². The third-order valence-corrected chi connectivity index (χ3v) is 6.84. The van der Waals surface area contributed by atoms with Crippen molar-refractivity contribution >= 4 is 34.2 Å². The molecule has 1 fully saturated rings.